The van der Waals surface area contributed by atoms with Crippen molar-refractivity contribution in [2.45, 2.75) is 99.3 Å². The van der Waals surface area contributed by atoms with Gasteiger partial charge in [-0.05, 0) is 158 Å². The topological polar surface area (TPSA) is 36.9 Å². The molecule has 5 unspecified atom stereocenters. The van der Waals surface area contributed by atoms with Gasteiger partial charge in [0.05, 0.1) is 31.8 Å². The van der Waals surface area contributed by atoms with Gasteiger partial charge in [0.1, 0.15) is 0 Å². The van der Waals surface area contributed by atoms with Crippen LogP contribution in [0.4, 0.5) is 0 Å². The maximum atomic E-state index is 6.97. The van der Waals surface area contributed by atoms with E-state index in [0.29, 0.717) is 50.1 Å². The number of allylic oxidation sites excluding steroid dienone is 5. The average Bonchev–Trinajstić information content (AvgIpc) is 3.79. The Morgan fingerprint density at radius 3 is 1.47 bits per heavy atom. The molecule has 0 aliphatic heterocycles. The summed E-state index contributed by atoms with van der Waals surface area (Å²) in [5.41, 5.74) is 12.8. The number of ether oxygens (including phenoxy) is 4. The number of hydrogen-bond donors (Lipinski definition) is 0. The van der Waals surface area contributed by atoms with E-state index in [4.69, 9.17) is 18.9 Å². The molecular weight excluding hydrogens is 968 g/mol. The van der Waals surface area contributed by atoms with Crippen molar-refractivity contribution < 1.29 is 18.9 Å². The van der Waals surface area contributed by atoms with Gasteiger partial charge < -0.3 is 18.9 Å². The minimum atomic E-state index is -0.655. The summed E-state index contributed by atoms with van der Waals surface area (Å²) < 4.78 is 29.7. The molecule has 4 nitrogen and oxygen atoms in total. The van der Waals surface area contributed by atoms with Gasteiger partial charge in [0.2, 0.25) is 0 Å². The molecular formula is C62H70Br2O4. The second kappa shape index (κ2) is 22.3. The molecule has 3 aliphatic carbocycles. The van der Waals surface area contributed by atoms with Crippen LogP contribution in [0.15, 0.2) is 124 Å². The molecule has 356 valence electrons. The number of halogens is 2. The molecule has 0 heterocycles. The van der Waals surface area contributed by atoms with Crippen molar-refractivity contribution in [3.63, 3.8) is 0 Å². The summed E-state index contributed by atoms with van der Waals surface area (Å²) in [7, 11) is 0. The largest absolute Gasteiger partial charge is 0.489 e. The first-order valence-corrected chi connectivity index (χ1v) is 26.9. The Morgan fingerprint density at radius 1 is 0.529 bits per heavy atom. The lowest BCUT2D eigenvalue weighted by Gasteiger charge is -2.35. The SMILES string of the molecule is CCCC(C)COc1cc2c(cc1OCC(C)CC)-c1cc(OCC(C)CC)c(OC[C@H](C)CC)cc1C21C2=C(C=CC(/C=C/c3ccc(Br)cc3)C2)c2ccc(/C=C/c3ccc(Br)cc3)cc21. The van der Waals surface area contributed by atoms with E-state index >= 15 is 0 Å². The van der Waals surface area contributed by atoms with Gasteiger partial charge in [-0.3, -0.25) is 0 Å². The molecule has 0 fully saturated rings. The second-order valence-corrected chi connectivity index (χ2v) is 21.7. The van der Waals surface area contributed by atoms with Crippen molar-refractivity contribution in [2.24, 2.45) is 29.6 Å². The fourth-order valence-corrected chi connectivity index (χ4v) is 10.2. The molecule has 0 bridgehead atoms. The third kappa shape index (κ3) is 10.7. The van der Waals surface area contributed by atoms with Crippen LogP contribution in [0.2, 0.25) is 0 Å². The minimum Gasteiger partial charge on any atom is -0.489 e. The summed E-state index contributed by atoms with van der Waals surface area (Å²) in [4.78, 5) is 0. The molecule has 3 aliphatic rings. The molecule has 0 aromatic heterocycles. The number of rotatable bonds is 21. The van der Waals surface area contributed by atoms with Crippen molar-refractivity contribution in [1.82, 2.24) is 0 Å². The summed E-state index contributed by atoms with van der Waals surface area (Å²) in [5, 5.41) is 0. The van der Waals surface area contributed by atoms with E-state index in [-0.39, 0.29) is 5.92 Å². The van der Waals surface area contributed by atoms with Gasteiger partial charge in [-0.2, -0.15) is 0 Å². The third-order valence-corrected chi connectivity index (χ3v) is 15.5. The van der Waals surface area contributed by atoms with Crippen molar-refractivity contribution in [3.05, 3.63) is 163 Å². The van der Waals surface area contributed by atoms with Crippen LogP contribution >= 0.6 is 31.9 Å². The van der Waals surface area contributed by atoms with Crippen molar-refractivity contribution in [3.8, 4) is 34.1 Å². The maximum Gasteiger partial charge on any atom is 0.161 e. The van der Waals surface area contributed by atoms with Crippen LogP contribution in [0.25, 0.3) is 34.9 Å². The van der Waals surface area contributed by atoms with E-state index in [1.807, 2.05) is 0 Å². The average molecular weight is 1040 g/mol. The molecule has 0 saturated heterocycles. The number of benzene rings is 5. The van der Waals surface area contributed by atoms with E-state index in [1.165, 1.54) is 39.0 Å². The Kier molecular flexibility index (Phi) is 16.3. The Bertz CT molecular complexity index is 2670. The van der Waals surface area contributed by atoms with E-state index in [1.54, 1.807) is 0 Å². The predicted molar refractivity (Wildman–Crippen MR) is 293 cm³/mol. The minimum absolute atomic E-state index is 0.177. The van der Waals surface area contributed by atoms with E-state index in [9.17, 15) is 0 Å². The maximum absolute atomic E-state index is 6.97. The molecule has 0 amide bonds. The van der Waals surface area contributed by atoms with Crippen molar-refractivity contribution in [2.75, 3.05) is 26.4 Å². The molecule has 6 heteroatoms. The summed E-state index contributed by atoms with van der Waals surface area (Å²) in [6.07, 6.45) is 20.1. The summed E-state index contributed by atoms with van der Waals surface area (Å²) in [6.45, 7) is 20.5. The van der Waals surface area contributed by atoms with Gasteiger partial charge in [-0.25, -0.2) is 0 Å². The molecule has 68 heavy (non-hydrogen) atoms. The molecule has 0 saturated carbocycles. The van der Waals surface area contributed by atoms with Crippen LogP contribution < -0.4 is 18.9 Å². The lowest BCUT2D eigenvalue weighted by atomic mass is 9.66. The molecule has 5 aromatic carbocycles. The smallest absolute Gasteiger partial charge is 0.161 e. The molecule has 0 radical (unpaired) electrons. The lowest BCUT2D eigenvalue weighted by molar-refractivity contribution is 0.215. The van der Waals surface area contributed by atoms with Crippen LogP contribution in [-0.2, 0) is 5.41 Å². The highest BCUT2D eigenvalue weighted by atomic mass is 79.9. The second-order valence-electron chi connectivity index (χ2n) is 19.8. The Morgan fingerprint density at radius 2 is 0.971 bits per heavy atom. The highest BCUT2D eigenvalue weighted by molar-refractivity contribution is 9.10. The first kappa shape index (κ1) is 49.6. The predicted octanol–water partition coefficient (Wildman–Crippen LogP) is 17.8. The highest BCUT2D eigenvalue weighted by Gasteiger charge is 2.54. The zero-order valence-corrected chi connectivity index (χ0v) is 44.6. The lowest BCUT2D eigenvalue weighted by Crippen LogP contribution is -2.29. The van der Waals surface area contributed by atoms with Crippen LogP contribution in [0.3, 0.4) is 0 Å². The Hall–Kier alpha value is -4.78. The van der Waals surface area contributed by atoms with E-state index < -0.39 is 5.41 Å². The first-order valence-electron chi connectivity index (χ1n) is 25.3. The van der Waals surface area contributed by atoms with E-state index in [0.717, 1.165) is 92.7 Å². The zero-order valence-electron chi connectivity index (χ0n) is 41.5. The molecule has 6 atom stereocenters. The molecule has 0 N–H and O–H groups in total. The van der Waals surface area contributed by atoms with Gasteiger partial charge in [-0.1, -0.05) is 186 Å². The fraction of sp³-hybridized carbons (Fsp3) is 0.387. The number of fused-ring (bicyclic) bond motifs is 9. The molecule has 8 rings (SSSR count). The van der Waals surface area contributed by atoms with Crippen LogP contribution in [0, 0.1) is 29.6 Å². The fourth-order valence-electron chi connectivity index (χ4n) is 9.68. The first-order chi connectivity index (χ1) is 32.9. The van der Waals surface area contributed by atoms with Crippen LogP contribution in [0.5, 0.6) is 23.0 Å². The van der Waals surface area contributed by atoms with Crippen molar-refractivity contribution >= 4 is 55.7 Å². The monoisotopic (exact) mass is 1040 g/mol. The molecule has 1 spiro atoms. The summed E-state index contributed by atoms with van der Waals surface area (Å²) in [6, 6.07) is 33.4. The summed E-state index contributed by atoms with van der Waals surface area (Å²) in [5.74, 6) is 4.97. The van der Waals surface area contributed by atoms with Gasteiger partial charge in [0.15, 0.2) is 23.0 Å². The standard InChI is InChI=1S/C62H70Br2O4/c1-9-13-43(8)39-68-61-35-57-53(33-59(61)66-37-41(6)11-3)52-32-58(65-36-40(5)10-2)60(67-38-42(7)12-4)34-56(52)62(57)54-30-46(16-14-44-18-24-48(63)25-19-44)22-28-50(54)51-29-23-47(31-55(51)62)17-15-45-20-26-49(64)27-21-45/h14-30,32-35,40-43,47H,9-13,31,36-39H2,1-8H3/b16-14+,17-15+/t40?,41?,42-,43?,47?,62?/m1/s1. The normalized spacial score (nSPS) is 18.6. The Balaban J connectivity index is 1.39. The highest BCUT2D eigenvalue weighted by Crippen LogP contribution is 2.66. The van der Waals surface area contributed by atoms with Gasteiger partial charge >= 0.3 is 0 Å². The van der Waals surface area contributed by atoms with Crippen LogP contribution in [0.1, 0.15) is 133 Å². The zero-order chi connectivity index (χ0) is 48.0. The molecule has 5 aromatic rings. The van der Waals surface area contributed by atoms with Crippen molar-refractivity contribution in [1.29, 1.82) is 0 Å². The number of hydrogen-bond acceptors (Lipinski definition) is 4. The van der Waals surface area contributed by atoms with Crippen LogP contribution in [-0.4, -0.2) is 26.4 Å². The van der Waals surface area contributed by atoms with Gasteiger partial charge in [0, 0.05) is 8.95 Å². The van der Waals surface area contributed by atoms with Gasteiger partial charge in [-0.15, -0.1) is 0 Å². The quantitative estimate of drug-likeness (QED) is 0.0687. The van der Waals surface area contributed by atoms with E-state index in [2.05, 4.69) is 215 Å². The Labute approximate surface area is 424 Å². The summed E-state index contributed by atoms with van der Waals surface area (Å²) >= 11 is 7.25. The third-order valence-electron chi connectivity index (χ3n) is 14.4. The van der Waals surface area contributed by atoms with Gasteiger partial charge in [0.25, 0.3) is 0 Å².